The summed E-state index contributed by atoms with van der Waals surface area (Å²) >= 11 is 0. The molecular weight excluding hydrogens is 1100 g/mol. The number of hydrogen-bond acceptors (Lipinski definition) is 7. The van der Waals surface area contributed by atoms with E-state index in [1.54, 1.807) is 0 Å². The van der Waals surface area contributed by atoms with Crippen molar-refractivity contribution in [3.05, 3.63) is 72.9 Å². The Morgan fingerprint density at radius 2 is 0.640 bits per heavy atom. The fourth-order valence-corrected chi connectivity index (χ4v) is 11.2. The van der Waals surface area contributed by atoms with Crippen LogP contribution in [-0.4, -0.2) is 87.4 Å². The molecule has 0 saturated carbocycles. The van der Waals surface area contributed by atoms with Gasteiger partial charge in [0.25, 0.3) is 6.29 Å². The van der Waals surface area contributed by atoms with Crippen LogP contribution in [0.1, 0.15) is 361 Å². The zero-order valence-corrected chi connectivity index (χ0v) is 59.3. The molecule has 9 heteroatoms. The highest BCUT2D eigenvalue weighted by molar-refractivity contribution is 5.71. The van der Waals surface area contributed by atoms with Gasteiger partial charge in [-0.05, 0) is 83.5 Å². The summed E-state index contributed by atoms with van der Waals surface area (Å²) in [7, 11) is 5.99. The second-order valence-electron chi connectivity index (χ2n) is 26.9. The molecule has 0 fully saturated rings. The van der Waals surface area contributed by atoms with Crippen LogP contribution in [0.25, 0.3) is 0 Å². The molecule has 1 N–H and O–H groups in total. The third kappa shape index (κ3) is 72.0. The molecule has 0 aliphatic carbocycles. The second-order valence-corrected chi connectivity index (χ2v) is 26.9. The number of carbonyl (C=O) groups is 3. The summed E-state index contributed by atoms with van der Waals surface area (Å²) in [5, 5.41) is 9.76. The summed E-state index contributed by atoms with van der Waals surface area (Å²) in [5.41, 5.74) is 0. The Labute approximate surface area is 551 Å². The summed E-state index contributed by atoms with van der Waals surface area (Å²) in [6.07, 6.45) is 91.9. The molecule has 518 valence electrons. The number of nitrogens with zero attached hydrogens (tertiary/aromatic N) is 1. The molecule has 0 rings (SSSR count). The van der Waals surface area contributed by atoms with Crippen LogP contribution in [0, 0.1) is 0 Å². The number of aliphatic carboxylic acids is 1. The second kappa shape index (κ2) is 70.6. The van der Waals surface area contributed by atoms with E-state index in [4.69, 9.17) is 18.9 Å². The number of carbonyl (C=O) groups excluding carboxylic acids is 2. The van der Waals surface area contributed by atoms with Crippen LogP contribution in [0.5, 0.6) is 0 Å². The lowest BCUT2D eigenvalue weighted by Crippen LogP contribution is -2.40. The molecule has 0 aromatic carbocycles. The number of carboxylic acid groups (broad SMARTS) is 1. The number of allylic oxidation sites excluding steroid dienone is 12. The first-order valence-electron chi connectivity index (χ1n) is 38.1. The highest BCUT2D eigenvalue weighted by atomic mass is 16.7. The van der Waals surface area contributed by atoms with Gasteiger partial charge in [-0.3, -0.25) is 9.59 Å². The first-order chi connectivity index (χ1) is 43.6. The smallest absolute Gasteiger partial charge is 0.361 e. The largest absolute Gasteiger partial charge is 0.477 e. The molecule has 2 unspecified atom stereocenters. The maximum atomic E-state index is 13.0. The zero-order valence-electron chi connectivity index (χ0n) is 59.3. The predicted molar refractivity (Wildman–Crippen MR) is 383 cm³/mol. The quantitative estimate of drug-likeness (QED) is 0.0211. The minimum Gasteiger partial charge on any atom is -0.477 e. The Kier molecular flexibility index (Phi) is 68.0. The topological polar surface area (TPSA) is 108 Å². The first-order valence-corrected chi connectivity index (χ1v) is 38.1. The summed E-state index contributed by atoms with van der Waals surface area (Å²) in [5.74, 6) is -1.98. The summed E-state index contributed by atoms with van der Waals surface area (Å²) in [6, 6.07) is 0. The van der Waals surface area contributed by atoms with Gasteiger partial charge in [0.2, 0.25) is 0 Å². The highest BCUT2D eigenvalue weighted by Crippen LogP contribution is 2.19. The van der Waals surface area contributed by atoms with Crippen LogP contribution in [0.15, 0.2) is 72.9 Å². The van der Waals surface area contributed by atoms with Crippen molar-refractivity contribution in [2.45, 2.75) is 373 Å². The number of ether oxygens (including phenoxy) is 4. The van der Waals surface area contributed by atoms with Crippen molar-refractivity contribution in [2.24, 2.45) is 0 Å². The number of carboxylic acids is 1. The molecule has 0 radical (unpaired) electrons. The Morgan fingerprint density at radius 3 is 0.955 bits per heavy atom. The molecule has 0 bridgehead atoms. The van der Waals surface area contributed by atoms with Crippen LogP contribution < -0.4 is 0 Å². The number of esters is 2. The Balaban J connectivity index is 3.98. The van der Waals surface area contributed by atoms with Gasteiger partial charge in [0.15, 0.2) is 6.10 Å². The lowest BCUT2D eigenvalue weighted by atomic mass is 10.0. The van der Waals surface area contributed by atoms with Gasteiger partial charge in [-0.2, -0.15) is 0 Å². The number of quaternary nitrogens is 1. The standard InChI is InChI=1S/C80H145NO8/c1-6-8-10-12-14-16-18-20-22-24-26-28-30-32-33-34-35-36-37-38-39-40-41-42-43-44-45-47-49-51-53-55-57-59-61-63-65-67-69-71-78(83)89-76(75-88-80(79(84)85)86-73-72-81(3,4)5)74-87-77(82)70-68-66-64-62-60-58-56-54-52-50-48-46-31-29-27-25-23-21-19-17-15-13-11-9-7-2/h8,10,14,16,19-22,25-28,76,80H,6-7,9,11-13,15,17-18,23-24,29-75H2,1-5H3/p+1/b10-8-,16-14-,21-19-,22-20-,27-25-,28-26-. The van der Waals surface area contributed by atoms with Crippen LogP contribution in [-0.2, 0) is 33.3 Å². The molecule has 0 amide bonds. The molecule has 0 aliphatic rings. The van der Waals surface area contributed by atoms with E-state index in [0.29, 0.717) is 17.4 Å². The van der Waals surface area contributed by atoms with Gasteiger partial charge in [0.05, 0.1) is 34.4 Å². The predicted octanol–water partition coefficient (Wildman–Crippen LogP) is 24.0. The van der Waals surface area contributed by atoms with Gasteiger partial charge >= 0.3 is 17.9 Å². The molecule has 0 aliphatic heterocycles. The number of rotatable bonds is 71. The number of likely N-dealkylation sites (N-methyl/N-ethyl adjacent to an activating group) is 1. The van der Waals surface area contributed by atoms with Gasteiger partial charge < -0.3 is 28.5 Å². The average Bonchev–Trinajstić information content (AvgIpc) is 3.64. The molecule has 2 atom stereocenters. The van der Waals surface area contributed by atoms with Gasteiger partial charge in [0.1, 0.15) is 13.2 Å². The van der Waals surface area contributed by atoms with Crippen LogP contribution in [0.2, 0.25) is 0 Å². The fraction of sp³-hybridized carbons (Fsp3) is 0.812. The third-order valence-electron chi connectivity index (χ3n) is 16.9. The van der Waals surface area contributed by atoms with E-state index in [1.165, 1.54) is 263 Å². The lowest BCUT2D eigenvalue weighted by Gasteiger charge is -2.25. The van der Waals surface area contributed by atoms with E-state index in [2.05, 4.69) is 86.8 Å². The minimum atomic E-state index is -1.51. The van der Waals surface area contributed by atoms with E-state index in [-0.39, 0.29) is 38.2 Å². The molecule has 89 heavy (non-hydrogen) atoms. The Morgan fingerprint density at radius 1 is 0.348 bits per heavy atom. The summed E-state index contributed by atoms with van der Waals surface area (Å²) in [6.45, 7) is 4.81. The van der Waals surface area contributed by atoms with E-state index in [1.807, 2.05) is 21.1 Å². The van der Waals surface area contributed by atoms with Gasteiger partial charge in [-0.25, -0.2) is 4.79 Å². The molecule has 0 aromatic rings. The molecule has 0 saturated heterocycles. The molecule has 0 aromatic heterocycles. The fourth-order valence-electron chi connectivity index (χ4n) is 11.2. The zero-order chi connectivity index (χ0) is 64.7. The van der Waals surface area contributed by atoms with Crippen molar-refractivity contribution in [2.75, 3.05) is 47.5 Å². The van der Waals surface area contributed by atoms with E-state index < -0.39 is 18.4 Å². The van der Waals surface area contributed by atoms with Gasteiger partial charge in [-0.15, -0.1) is 0 Å². The summed E-state index contributed by atoms with van der Waals surface area (Å²) < 4.78 is 23.0. The van der Waals surface area contributed by atoms with E-state index >= 15 is 0 Å². The van der Waals surface area contributed by atoms with E-state index in [0.717, 1.165) is 70.6 Å². The van der Waals surface area contributed by atoms with Crippen molar-refractivity contribution in [1.29, 1.82) is 0 Å². The van der Waals surface area contributed by atoms with Crippen molar-refractivity contribution in [1.82, 2.24) is 0 Å². The highest BCUT2D eigenvalue weighted by Gasteiger charge is 2.25. The maximum absolute atomic E-state index is 13.0. The normalized spacial score (nSPS) is 13.0. The monoisotopic (exact) mass is 1250 g/mol. The average molecular weight is 1250 g/mol. The van der Waals surface area contributed by atoms with Gasteiger partial charge in [0, 0.05) is 12.8 Å². The van der Waals surface area contributed by atoms with Crippen molar-refractivity contribution in [3.8, 4) is 0 Å². The molecule has 0 heterocycles. The van der Waals surface area contributed by atoms with Crippen molar-refractivity contribution in [3.63, 3.8) is 0 Å². The number of hydrogen-bond donors (Lipinski definition) is 1. The molecule has 9 nitrogen and oxygen atoms in total. The van der Waals surface area contributed by atoms with Crippen molar-refractivity contribution < 1.29 is 42.9 Å². The van der Waals surface area contributed by atoms with Crippen LogP contribution in [0.4, 0.5) is 0 Å². The Hall–Kier alpha value is -3.27. The van der Waals surface area contributed by atoms with Crippen molar-refractivity contribution >= 4 is 17.9 Å². The maximum Gasteiger partial charge on any atom is 0.361 e. The van der Waals surface area contributed by atoms with Gasteiger partial charge in [-0.1, -0.05) is 337 Å². The van der Waals surface area contributed by atoms with E-state index in [9.17, 15) is 19.5 Å². The lowest BCUT2D eigenvalue weighted by molar-refractivity contribution is -0.870. The third-order valence-corrected chi connectivity index (χ3v) is 16.9. The Bertz CT molecular complexity index is 1690. The number of unbranched alkanes of at least 4 members (excludes halogenated alkanes) is 44. The minimum absolute atomic E-state index is 0.179. The SMILES string of the molecule is CC/C=C\C/C=C\C/C=C\C/C=C\CCCCCCCCCCCCCCCCCCCCCCCCCCCCC(=O)OC(COC(=O)CCCCCCCCCCCCCCC/C=C\C/C=C\CCCCCCC)COC(OCC[N+](C)(C)C)C(=O)O. The van der Waals surface area contributed by atoms with Crippen LogP contribution in [0.3, 0.4) is 0 Å². The summed E-state index contributed by atoms with van der Waals surface area (Å²) in [4.78, 5) is 37.7. The van der Waals surface area contributed by atoms with Crippen LogP contribution >= 0.6 is 0 Å². The molecular formula is C80H146NO8+. The molecule has 0 spiro atoms. The first kappa shape index (κ1) is 85.7.